The summed E-state index contributed by atoms with van der Waals surface area (Å²) in [4.78, 5) is 12.7. The molecule has 0 atom stereocenters. The van der Waals surface area contributed by atoms with Gasteiger partial charge in [0.05, 0.1) is 17.7 Å². The lowest BCUT2D eigenvalue weighted by atomic mass is 10.1. The number of sulfonamides is 1. The number of rotatable bonds is 8. The number of anilines is 1. The van der Waals surface area contributed by atoms with Crippen LogP contribution in [0.4, 0.5) is 5.69 Å². The molecule has 0 aliphatic rings. The molecule has 6 nitrogen and oxygen atoms in total. The van der Waals surface area contributed by atoms with E-state index in [4.69, 9.17) is 4.74 Å². The Bertz CT molecular complexity index is 1140. The molecule has 0 unspecified atom stereocenters. The Morgan fingerprint density at radius 2 is 1.68 bits per heavy atom. The van der Waals surface area contributed by atoms with Gasteiger partial charge in [-0.1, -0.05) is 30.3 Å². The van der Waals surface area contributed by atoms with Gasteiger partial charge in [-0.15, -0.1) is 0 Å². The molecule has 162 valence electrons. The number of carbonyl (C=O) groups is 1. The molecule has 0 fully saturated rings. The lowest BCUT2D eigenvalue weighted by Gasteiger charge is -2.22. The van der Waals surface area contributed by atoms with Crippen molar-refractivity contribution >= 4 is 21.6 Å². The monoisotopic (exact) mass is 438 g/mol. The number of hydrogen-bond donors (Lipinski definition) is 1. The highest BCUT2D eigenvalue weighted by atomic mass is 32.2. The predicted octanol–water partition coefficient (Wildman–Crippen LogP) is 3.80. The summed E-state index contributed by atoms with van der Waals surface area (Å²) in [5, 5.41) is 2.91. The number of nitrogens with one attached hydrogen (secondary N) is 1. The van der Waals surface area contributed by atoms with Gasteiger partial charge in [0.15, 0.2) is 0 Å². The first-order valence-electron chi connectivity index (χ1n) is 9.88. The Hall–Kier alpha value is -3.32. The second kappa shape index (κ2) is 9.66. The minimum absolute atomic E-state index is 0.165. The Balaban J connectivity index is 1.70. The van der Waals surface area contributed by atoms with E-state index in [1.165, 1.54) is 30.6 Å². The van der Waals surface area contributed by atoms with Crippen LogP contribution in [0.3, 0.4) is 0 Å². The number of aryl methyl sites for hydroxylation is 1. The predicted molar refractivity (Wildman–Crippen MR) is 122 cm³/mol. The van der Waals surface area contributed by atoms with Crippen molar-refractivity contribution in [2.24, 2.45) is 0 Å². The van der Waals surface area contributed by atoms with Crippen LogP contribution >= 0.6 is 0 Å². The van der Waals surface area contributed by atoms with E-state index < -0.39 is 10.0 Å². The lowest BCUT2D eigenvalue weighted by Crippen LogP contribution is -2.28. The molecule has 0 spiro atoms. The molecule has 0 bridgehead atoms. The van der Waals surface area contributed by atoms with Crippen LogP contribution in [0, 0.1) is 6.92 Å². The van der Waals surface area contributed by atoms with E-state index in [0.717, 1.165) is 12.0 Å². The highest BCUT2D eigenvalue weighted by Crippen LogP contribution is 2.27. The first-order valence-corrected chi connectivity index (χ1v) is 11.3. The molecule has 3 rings (SSSR count). The molecule has 0 saturated heterocycles. The minimum atomic E-state index is -3.74. The minimum Gasteiger partial charge on any atom is -0.497 e. The molecule has 0 radical (unpaired) electrons. The number of hydrogen-bond acceptors (Lipinski definition) is 4. The van der Waals surface area contributed by atoms with Gasteiger partial charge in [-0.3, -0.25) is 9.10 Å². The molecule has 0 aliphatic carbocycles. The number of methoxy groups -OCH3 is 1. The molecule has 0 saturated carbocycles. The van der Waals surface area contributed by atoms with E-state index in [0.29, 0.717) is 29.1 Å². The summed E-state index contributed by atoms with van der Waals surface area (Å²) in [7, 11) is -0.713. The topological polar surface area (TPSA) is 75.7 Å². The fraction of sp³-hybridized carbons (Fsp3) is 0.208. The van der Waals surface area contributed by atoms with Crippen molar-refractivity contribution in [3.05, 3.63) is 89.5 Å². The lowest BCUT2D eigenvalue weighted by molar-refractivity contribution is 0.0954. The average molecular weight is 439 g/mol. The first kappa shape index (κ1) is 22.4. The molecular weight excluding hydrogens is 412 g/mol. The van der Waals surface area contributed by atoms with Gasteiger partial charge in [0.25, 0.3) is 15.9 Å². The number of ether oxygens (including phenoxy) is 1. The molecule has 0 aliphatic heterocycles. The maximum atomic E-state index is 13.0. The highest BCUT2D eigenvalue weighted by Gasteiger charge is 2.23. The number of benzene rings is 3. The fourth-order valence-electron chi connectivity index (χ4n) is 3.25. The van der Waals surface area contributed by atoms with Gasteiger partial charge in [-0.25, -0.2) is 8.42 Å². The third-order valence-electron chi connectivity index (χ3n) is 5.06. The smallest absolute Gasteiger partial charge is 0.264 e. The average Bonchev–Trinajstić information content (AvgIpc) is 2.79. The molecule has 7 heteroatoms. The summed E-state index contributed by atoms with van der Waals surface area (Å²) in [6.45, 7) is 2.31. The number of amides is 1. The van der Waals surface area contributed by atoms with Crippen molar-refractivity contribution < 1.29 is 17.9 Å². The van der Waals surface area contributed by atoms with Crippen LogP contribution in [-0.4, -0.2) is 35.0 Å². The molecule has 31 heavy (non-hydrogen) atoms. The van der Waals surface area contributed by atoms with E-state index in [1.807, 2.05) is 30.3 Å². The van der Waals surface area contributed by atoms with Crippen LogP contribution < -0.4 is 14.4 Å². The van der Waals surface area contributed by atoms with Gasteiger partial charge < -0.3 is 10.1 Å². The van der Waals surface area contributed by atoms with Crippen molar-refractivity contribution in [1.29, 1.82) is 0 Å². The molecule has 3 aromatic carbocycles. The van der Waals surface area contributed by atoms with Gasteiger partial charge in [0.2, 0.25) is 0 Å². The van der Waals surface area contributed by atoms with Crippen LogP contribution in [0.15, 0.2) is 77.7 Å². The number of nitrogens with zero attached hydrogens (tertiary/aromatic N) is 1. The summed E-state index contributed by atoms with van der Waals surface area (Å²) >= 11 is 0. The van der Waals surface area contributed by atoms with Gasteiger partial charge >= 0.3 is 0 Å². The Kier molecular flexibility index (Phi) is 6.97. The molecule has 3 aromatic rings. The maximum absolute atomic E-state index is 13.0. The second-order valence-corrected chi connectivity index (χ2v) is 9.11. The van der Waals surface area contributed by atoms with Crippen LogP contribution in [0.5, 0.6) is 5.75 Å². The molecule has 1 N–H and O–H groups in total. The second-order valence-electron chi connectivity index (χ2n) is 7.14. The zero-order chi connectivity index (χ0) is 22.4. The Labute approximate surface area is 183 Å². The van der Waals surface area contributed by atoms with Crippen molar-refractivity contribution in [1.82, 2.24) is 5.32 Å². The van der Waals surface area contributed by atoms with Crippen LogP contribution in [0.1, 0.15) is 21.5 Å². The summed E-state index contributed by atoms with van der Waals surface area (Å²) < 4.78 is 32.3. The Morgan fingerprint density at radius 3 is 2.29 bits per heavy atom. The quantitative estimate of drug-likeness (QED) is 0.580. The third-order valence-corrected chi connectivity index (χ3v) is 6.84. The van der Waals surface area contributed by atoms with Gasteiger partial charge in [-0.05, 0) is 66.9 Å². The van der Waals surface area contributed by atoms with Gasteiger partial charge in [0, 0.05) is 19.2 Å². The van der Waals surface area contributed by atoms with Crippen molar-refractivity contribution in [2.75, 3.05) is 25.0 Å². The summed E-state index contributed by atoms with van der Waals surface area (Å²) in [6, 6.07) is 21.2. The SMILES string of the molecule is COc1ccc(S(=O)(=O)N(C)c2ccc(C(=O)NCCc3ccccc3)cc2C)cc1. The summed E-state index contributed by atoms with van der Waals surface area (Å²) in [5.74, 6) is 0.395. The molecule has 0 heterocycles. The van der Waals surface area contributed by atoms with Crippen molar-refractivity contribution in [3.63, 3.8) is 0 Å². The standard InChI is InChI=1S/C24H26N2O4S/c1-18-17-20(24(27)25-16-15-19-7-5-4-6-8-19)9-14-23(18)26(2)31(28,29)22-12-10-21(30-3)11-13-22/h4-14,17H,15-16H2,1-3H3,(H,25,27). The summed E-state index contributed by atoms with van der Waals surface area (Å²) in [6.07, 6.45) is 0.743. The van der Waals surface area contributed by atoms with E-state index in [1.54, 1.807) is 37.3 Å². The first-order chi connectivity index (χ1) is 14.8. The van der Waals surface area contributed by atoms with Gasteiger partial charge in [0.1, 0.15) is 5.75 Å². The molecular formula is C24H26N2O4S. The third kappa shape index (κ3) is 5.24. The van der Waals surface area contributed by atoms with E-state index in [2.05, 4.69) is 5.32 Å². The number of carbonyl (C=O) groups excluding carboxylic acids is 1. The zero-order valence-electron chi connectivity index (χ0n) is 17.8. The molecule has 0 aromatic heterocycles. The van der Waals surface area contributed by atoms with Crippen LogP contribution in [0.2, 0.25) is 0 Å². The molecule has 1 amide bonds. The normalized spacial score (nSPS) is 11.1. The van der Waals surface area contributed by atoms with Crippen molar-refractivity contribution in [3.8, 4) is 5.75 Å². The van der Waals surface area contributed by atoms with Crippen LogP contribution in [-0.2, 0) is 16.4 Å². The largest absolute Gasteiger partial charge is 0.497 e. The van der Waals surface area contributed by atoms with E-state index in [9.17, 15) is 13.2 Å². The maximum Gasteiger partial charge on any atom is 0.264 e. The highest BCUT2D eigenvalue weighted by molar-refractivity contribution is 7.92. The Morgan fingerprint density at radius 1 is 1.00 bits per heavy atom. The van der Waals surface area contributed by atoms with Crippen molar-refractivity contribution in [2.45, 2.75) is 18.2 Å². The zero-order valence-corrected chi connectivity index (χ0v) is 18.6. The van der Waals surface area contributed by atoms with E-state index >= 15 is 0 Å². The van der Waals surface area contributed by atoms with Gasteiger partial charge in [-0.2, -0.15) is 0 Å². The fourth-order valence-corrected chi connectivity index (χ4v) is 4.51. The van der Waals surface area contributed by atoms with E-state index in [-0.39, 0.29) is 10.8 Å². The van der Waals surface area contributed by atoms with Crippen LogP contribution in [0.25, 0.3) is 0 Å². The summed E-state index contributed by atoms with van der Waals surface area (Å²) in [5.41, 5.74) is 2.84.